The van der Waals surface area contributed by atoms with Crippen molar-refractivity contribution in [3.63, 3.8) is 0 Å². The highest BCUT2D eigenvalue weighted by Gasteiger charge is 2.28. The Bertz CT molecular complexity index is 756. The minimum atomic E-state index is -0.651. The highest BCUT2D eigenvalue weighted by Crippen LogP contribution is 2.28. The largest absolute Gasteiger partial charge is 0.388 e. The van der Waals surface area contributed by atoms with Crippen LogP contribution in [-0.4, -0.2) is 41.3 Å². The number of aliphatic imine (C=N–C) groups is 1. The quantitative estimate of drug-likeness (QED) is 0.285. The summed E-state index contributed by atoms with van der Waals surface area (Å²) in [4.78, 5) is 7.71. The minimum absolute atomic E-state index is 0. The number of fused-ring (bicyclic) bond motifs is 1. The first-order chi connectivity index (χ1) is 12.6. The lowest BCUT2D eigenvalue weighted by Gasteiger charge is -2.30. The van der Waals surface area contributed by atoms with Crippen molar-refractivity contribution in [2.45, 2.75) is 51.0 Å². The Kier molecular flexibility index (Phi) is 8.34. The van der Waals surface area contributed by atoms with E-state index in [1.165, 1.54) is 18.6 Å². The number of aromatic amines is 1. The number of aromatic nitrogens is 1. The summed E-state index contributed by atoms with van der Waals surface area (Å²) in [5.41, 5.74) is 1.32. The molecule has 1 aliphatic carbocycles. The van der Waals surface area contributed by atoms with Crippen molar-refractivity contribution in [3.05, 3.63) is 35.8 Å². The molecular formula is C20H30FIN4O. The fraction of sp³-hybridized carbons (Fsp3) is 0.550. The van der Waals surface area contributed by atoms with Gasteiger partial charge in [-0.15, -0.1) is 24.0 Å². The molecule has 150 valence electrons. The van der Waals surface area contributed by atoms with Crippen LogP contribution < -0.4 is 10.6 Å². The third-order valence-electron chi connectivity index (χ3n) is 5.08. The van der Waals surface area contributed by atoms with E-state index in [0.29, 0.717) is 13.1 Å². The first-order valence-electron chi connectivity index (χ1n) is 9.60. The van der Waals surface area contributed by atoms with Gasteiger partial charge in [0.25, 0.3) is 0 Å². The Morgan fingerprint density at radius 2 is 2.04 bits per heavy atom. The van der Waals surface area contributed by atoms with Crippen LogP contribution in [0.1, 0.15) is 44.6 Å². The Hall–Kier alpha value is -1.35. The molecule has 3 rings (SSSR count). The molecule has 0 unspecified atom stereocenters. The minimum Gasteiger partial charge on any atom is -0.388 e. The van der Waals surface area contributed by atoms with Crippen molar-refractivity contribution in [2.24, 2.45) is 4.99 Å². The third kappa shape index (κ3) is 6.07. The number of nitrogens with zero attached hydrogens (tertiary/aromatic N) is 1. The maximum Gasteiger partial charge on any atom is 0.191 e. The van der Waals surface area contributed by atoms with Crippen LogP contribution in [0.25, 0.3) is 10.9 Å². The van der Waals surface area contributed by atoms with E-state index < -0.39 is 5.60 Å². The zero-order valence-corrected chi connectivity index (χ0v) is 18.2. The van der Waals surface area contributed by atoms with Crippen LogP contribution >= 0.6 is 24.0 Å². The molecule has 0 radical (unpaired) electrons. The summed E-state index contributed by atoms with van der Waals surface area (Å²) in [6.45, 7) is 3.96. The number of aliphatic hydroxyl groups is 1. The molecule has 0 atom stereocenters. The molecule has 0 bridgehead atoms. The second kappa shape index (κ2) is 10.3. The van der Waals surface area contributed by atoms with E-state index in [4.69, 9.17) is 0 Å². The number of rotatable bonds is 6. The lowest BCUT2D eigenvalue weighted by Crippen LogP contribution is -2.41. The Labute approximate surface area is 177 Å². The van der Waals surface area contributed by atoms with Gasteiger partial charge in [0.1, 0.15) is 5.82 Å². The van der Waals surface area contributed by atoms with Gasteiger partial charge in [0.15, 0.2) is 5.96 Å². The van der Waals surface area contributed by atoms with Crippen molar-refractivity contribution >= 4 is 40.8 Å². The maximum atomic E-state index is 13.3. The number of H-pyrrole nitrogens is 1. The number of halogens is 2. The van der Waals surface area contributed by atoms with Gasteiger partial charge in [0.05, 0.1) is 12.1 Å². The number of hydrogen-bond acceptors (Lipinski definition) is 2. The molecule has 1 aliphatic rings. The predicted octanol–water partition coefficient (Wildman–Crippen LogP) is 3.72. The third-order valence-corrected chi connectivity index (χ3v) is 5.08. The molecule has 1 aromatic carbocycles. The van der Waals surface area contributed by atoms with Gasteiger partial charge in [0, 0.05) is 30.2 Å². The molecule has 0 spiro atoms. The van der Waals surface area contributed by atoms with Crippen molar-refractivity contribution in [1.82, 2.24) is 15.6 Å². The Morgan fingerprint density at radius 1 is 1.26 bits per heavy atom. The molecule has 1 fully saturated rings. The van der Waals surface area contributed by atoms with Crippen LogP contribution in [0.3, 0.4) is 0 Å². The van der Waals surface area contributed by atoms with Crippen LogP contribution in [0, 0.1) is 5.82 Å². The van der Waals surface area contributed by atoms with E-state index in [0.717, 1.165) is 61.1 Å². The van der Waals surface area contributed by atoms with Gasteiger partial charge in [0.2, 0.25) is 0 Å². The number of guanidine groups is 1. The number of nitrogens with one attached hydrogen (secondary N) is 3. The van der Waals surface area contributed by atoms with E-state index in [1.54, 1.807) is 0 Å². The van der Waals surface area contributed by atoms with Gasteiger partial charge in [-0.05, 0) is 49.9 Å². The van der Waals surface area contributed by atoms with Crippen molar-refractivity contribution < 1.29 is 9.50 Å². The first kappa shape index (κ1) is 21.9. The molecule has 0 amide bonds. The van der Waals surface area contributed by atoms with Gasteiger partial charge < -0.3 is 20.7 Å². The lowest BCUT2D eigenvalue weighted by molar-refractivity contribution is 0.0131. The summed E-state index contributed by atoms with van der Waals surface area (Å²) in [5, 5.41) is 18.2. The Morgan fingerprint density at radius 3 is 2.78 bits per heavy atom. The lowest BCUT2D eigenvalue weighted by atomic mass is 9.85. The molecule has 1 aromatic heterocycles. The summed E-state index contributed by atoms with van der Waals surface area (Å²) in [6, 6.07) is 4.82. The van der Waals surface area contributed by atoms with Gasteiger partial charge in [-0.25, -0.2) is 4.39 Å². The molecular weight excluding hydrogens is 458 g/mol. The molecule has 1 saturated carbocycles. The molecule has 4 N–H and O–H groups in total. The monoisotopic (exact) mass is 488 g/mol. The highest BCUT2D eigenvalue weighted by atomic mass is 127. The summed E-state index contributed by atoms with van der Waals surface area (Å²) in [6.07, 6.45) is 7.78. The molecule has 2 aromatic rings. The van der Waals surface area contributed by atoms with Gasteiger partial charge in [-0.2, -0.15) is 0 Å². The van der Waals surface area contributed by atoms with Crippen molar-refractivity contribution in [2.75, 3.05) is 19.6 Å². The van der Waals surface area contributed by atoms with Gasteiger partial charge in [-0.3, -0.25) is 4.99 Å². The molecule has 7 heteroatoms. The zero-order chi connectivity index (χ0) is 18.4. The molecule has 1 heterocycles. The molecule has 0 saturated heterocycles. The van der Waals surface area contributed by atoms with E-state index in [-0.39, 0.29) is 29.8 Å². The number of benzene rings is 1. The second-order valence-electron chi connectivity index (χ2n) is 7.16. The average molecular weight is 488 g/mol. The van der Waals surface area contributed by atoms with Crippen molar-refractivity contribution in [3.8, 4) is 0 Å². The standard InChI is InChI=1S/C20H29FN4O.HI/c1-2-22-19(25-14-20(26)9-4-3-5-10-20)23-11-8-15-13-24-18-12-16(21)6-7-17(15)18;/h6-7,12-13,24,26H,2-5,8-11,14H2,1H3,(H2,22,23,25);1H. The van der Waals surface area contributed by atoms with Crippen LogP contribution in [-0.2, 0) is 6.42 Å². The number of hydrogen-bond donors (Lipinski definition) is 4. The summed E-state index contributed by atoms with van der Waals surface area (Å²) in [5.74, 6) is 0.503. The fourth-order valence-electron chi connectivity index (χ4n) is 3.62. The second-order valence-corrected chi connectivity index (χ2v) is 7.16. The predicted molar refractivity (Wildman–Crippen MR) is 119 cm³/mol. The average Bonchev–Trinajstić information content (AvgIpc) is 3.02. The highest BCUT2D eigenvalue weighted by molar-refractivity contribution is 14.0. The van der Waals surface area contributed by atoms with E-state index in [9.17, 15) is 9.50 Å². The maximum absolute atomic E-state index is 13.3. The van der Waals surface area contributed by atoms with E-state index in [1.807, 2.05) is 19.2 Å². The molecule has 5 nitrogen and oxygen atoms in total. The summed E-state index contributed by atoms with van der Waals surface area (Å²) in [7, 11) is 0. The van der Waals surface area contributed by atoms with Crippen LogP contribution in [0.2, 0.25) is 0 Å². The molecule has 0 aliphatic heterocycles. The zero-order valence-electron chi connectivity index (χ0n) is 15.9. The Balaban J connectivity index is 0.00000261. The molecule has 27 heavy (non-hydrogen) atoms. The van der Waals surface area contributed by atoms with Crippen LogP contribution in [0.5, 0.6) is 0 Å². The van der Waals surface area contributed by atoms with Crippen molar-refractivity contribution in [1.29, 1.82) is 0 Å². The van der Waals surface area contributed by atoms with Crippen LogP contribution in [0.15, 0.2) is 29.4 Å². The normalized spacial score (nSPS) is 16.8. The smallest absolute Gasteiger partial charge is 0.191 e. The van der Waals surface area contributed by atoms with E-state index in [2.05, 4.69) is 20.6 Å². The van der Waals surface area contributed by atoms with E-state index >= 15 is 0 Å². The summed E-state index contributed by atoms with van der Waals surface area (Å²) >= 11 is 0. The van der Waals surface area contributed by atoms with Gasteiger partial charge >= 0.3 is 0 Å². The van der Waals surface area contributed by atoms with Gasteiger partial charge in [-0.1, -0.05) is 19.3 Å². The fourth-order valence-corrected chi connectivity index (χ4v) is 3.62. The van der Waals surface area contributed by atoms with Crippen LogP contribution in [0.4, 0.5) is 4.39 Å². The topological polar surface area (TPSA) is 72.4 Å². The SMILES string of the molecule is CCNC(=NCC1(O)CCCCC1)NCCc1c[nH]c2cc(F)ccc12.I. The first-order valence-corrected chi connectivity index (χ1v) is 9.60. The summed E-state index contributed by atoms with van der Waals surface area (Å²) < 4.78 is 13.3.